The lowest BCUT2D eigenvalue weighted by Gasteiger charge is -2.16. The highest BCUT2D eigenvalue weighted by atomic mass is 16.2. The van der Waals surface area contributed by atoms with E-state index in [9.17, 15) is 14.4 Å². The molecule has 8 rings (SSSR count). The number of anilines is 1. The van der Waals surface area contributed by atoms with Crippen LogP contribution in [0.3, 0.4) is 0 Å². The molecule has 0 unspecified atom stereocenters. The van der Waals surface area contributed by atoms with Crippen LogP contribution in [-0.2, 0) is 24.4 Å². The second-order valence-corrected chi connectivity index (χ2v) is 13.8. The number of benzene rings is 4. The lowest BCUT2D eigenvalue weighted by atomic mass is 9.98. The van der Waals surface area contributed by atoms with Crippen LogP contribution >= 0.6 is 0 Å². The summed E-state index contributed by atoms with van der Waals surface area (Å²) in [5.74, 6) is -0.241. The minimum atomic E-state index is -0.290. The fraction of sp³-hybridized carbons (Fsp3) is 0.186. The molecule has 0 atom stereocenters. The molecule has 2 N–H and O–H groups in total. The van der Waals surface area contributed by atoms with Gasteiger partial charge in [0.25, 0.3) is 11.8 Å². The Balaban J connectivity index is 0.875. The normalized spacial score (nSPS) is 12.7. The molecule has 0 spiro atoms. The Morgan fingerprint density at radius 2 is 1.62 bits per heavy atom. The molecule has 4 aromatic carbocycles. The predicted octanol–water partition coefficient (Wildman–Crippen LogP) is 6.62. The first-order valence-electron chi connectivity index (χ1n) is 18.2. The van der Waals surface area contributed by atoms with Gasteiger partial charge in [-0.3, -0.25) is 14.4 Å². The van der Waals surface area contributed by atoms with Crippen molar-refractivity contribution in [1.29, 1.82) is 0 Å². The van der Waals surface area contributed by atoms with Crippen LogP contribution in [0.25, 0.3) is 28.0 Å². The fourth-order valence-electron chi connectivity index (χ4n) is 6.97. The highest BCUT2D eigenvalue weighted by molar-refractivity contribution is 6.08. The molecular weight excluding hydrogens is 691 g/mol. The number of fused-ring (bicyclic) bond motifs is 1. The number of carbonyl (C=O) groups is 3. The van der Waals surface area contributed by atoms with Gasteiger partial charge in [-0.05, 0) is 78.4 Å². The van der Waals surface area contributed by atoms with Gasteiger partial charge < -0.3 is 15.5 Å². The van der Waals surface area contributed by atoms with Crippen LogP contribution in [0.4, 0.5) is 5.69 Å². The zero-order chi connectivity index (χ0) is 37.9. The summed E-state index contributed by atoms with van der Waals surface area (Å²) < 4.78 is 3.39. The molecule has 1 aliphatic heterocycles. The van der Waals surface area contributed by atoms with Gasteiger partial charge in [0.2, 0.25) is 5.91 Å². The summed E-state index contributed by atoms with van der Waals surface area (Å²) in [6.07, 6.45) is 4.94. The number of hydrogen-bond acceptors (Lipinski definition) is 7. The Morgan fingerprint density at radius 3 is 2.42 bits per heavy atom. The summed E-state index contributed by atoms with van der Waals surface area (Å²) in [6, 6.07) is 33.2. The Kier molecular flexibility index (Phi) is 9.69. The van der Waals surface area contributed by atoms with E-state index in [1.807, 2.05) is 91.7 Å². The molecule has 0 aliphatic carbocycles. The third-order valence-electron chi connectivity index (χ3n) is 9.80. The second-order valence-electron chi connectivity index (χ2n) is 13.8. The summed E-state index contributed by atoms with van der Waals surface area (Å²) in [4.78, 5) is 44.9. The fourth-order valence-corrected chi connectivity index (χ4v) is 6.97. The molecule has 0 bridgehead atoms. The first-order chi connectivity index (χ1) is 26.8. The molecule has 1 saturated heterocycles. The first-order valence-corrected chi connectivity index (χ1v) is 18.2. The highest BCUT2D eigenvalue weighted by Crippen LogP contribution is 2.26. The van der Waals surface area contributed by atoms with E-state index in [0.717, 1.165) is 57.7 Å². The topological polar surface area (TPSA) is 139 Å². The van der Waals surface area contributed by atoms with Crippen molar-refractivity contribution in [3.05, 3.63) is 155 Å². The molecule has 7 aromatic rings. The van der Waals surface area contributed by atoms with Gasteiger partial charge in [-0.15, -0.1) is 5.10 Å². The van der Waals surface area contributed by atoms with Gasteiger partial charge >= 0.3 is 0 Å². The van der Waals surface area contributed by atoms with Crippen molar-refractivity contribution in [1.82, 2.24) is 39.8 Å². The molecule has 0 saturated carbocycles. The van der Waals surface area contributed by atoms with E-state index in [4.69, 9.17) is 0 Å². The average Bonchev–Trinajstić information content (AvgIpc) is 3.95. The minimum Gasteiger partial charge on any atom is -0.348 e. The van der Waals surface area contributed by atoms with E-state index in [2.05, 4.69) is 61.4 Å². The molecule has 0 radical (unpaired) electrons. The van der Waals surface area contributed by atoms with E-state index in [-0.39, 0.29) is 17.7 Å². The number of hydrogen-bond donors (Lipinski definition) is 2. The van der Waals surface area contributed by atoms with Crippen LogP contribution in [0.1, 0.15) is 61.6 Å². The third kappa shape index (κ3) is 7.74. The highest BCUT2D eigenvalue weighted by Gasteiger charge is 2.20. The summed E-state index contributed by atoms with van der Waals surface area (Å²) in [7, 11) is 0. The summed E-state index contributed by atoms with van der Waals surface area (Å²) in [5.41, 5.74) is 10.5. The van der Waals surface area contributed by atoms with E-state index in [1.54, 1.807) is 15.3 Å². The number of nitrogens with one attached hydrogen (secondary N) is 2. The van der Waals surface area contributed by atoms with Crippen LogP contribution in [0, 0.1) is 13.8 Å². The molecule has 4 heterocycles. The van der Waals surface area contributed by atoms with E-state index < -0.39 is 0 Å². The van der Waals surface area contributed by atoms with Crippen molar-refractivity contribution < 1.29 is 14.4 Å². The second kappa shape index (κ2) is 15.2. The summed E-state index contributed by atoms with van der Waals surface area (Å²) in [6.45, 7) is 6.07. The van der Waals surface area contributed by atoms with Crippen LogP contribution in [0.5, 0.6) is 0 Å². The van der Waals surface area contributed by atoms with Crippen LogP contribution in [0.15, 0.2) is 116 Å². The minimum absolute atomic E-state index is 0.170. The maximum absolute atomic E-state index is 13.3. The van der Waals surface area contributed by atoms with Crippen molar-refractivity contribution in [2.24, 2.45) is 0 Å². The van der Waals surface area contributed by atoms with Crippen LogP contribution < -0.4 is 10.6 Å². The van der Waals surface area contributed by atoms with Gasteiger partial charge in [0.15, 0.2) is 5.65 Å². The molecule has 3 aromatic heterocycles. The Bertz CT molecular complexity index is 2540. The Hall–Kier alpha value is -6.95. The van der Waals surface area contributed by atoms with Gasteiger partial charge in [-0.1, -0.05) is 78.0 Å². The van der Waals surface area contributed by atoms with Gasteiger partial charge in [0.1, 0.15) is 11.3 Å². The number of aryl methyl sites for hydroxylation is 2. The predicted molar refractivity (Wildman–Crippen MR) is 209 cm³/mol. The summed E-state index contributed by atoms with van der Waals surface area (Å²) in [5, 5.41) is 19.0. The molecule has 274 valence electrons. The van der Waals surface area contributed by atoms with Crippen LogP contribution in [0.2, 0.25) is 0 Å². The lowest BCUT2D eigenvalue weighted by molar-refractivity contribution is -0.128. The number of carbonyl (C=O) groups excluding carboxylic acids is 3. The van der Waals surface area contributed by atoms with Gasteiger partial charge in [0, 0.05) is 54.3 Å². The number of amides is 3. The molecule has 12 nitrogen and oxygen atoms in total. The molecular formula is C43H39N9O3. The molecule has 1 aliphatic rings. The zero-order valence-corrected chi connectivity index (χ0v) is 30.6. The first kappa shape index (κ1) is 35.1. The van der Waals surface area contributed by atoms with E-state index in [0.29, 0.717) is 54.2 Å². The number of aromatic nitrogens is 6. The van der Waals surface area contributed by atoms with E-state index in [1.165, 1.54) is 6.20 Å². The van der Waals surface area contributed by atoms with Crippen molar-refractivity contribution >= 4 is 29.1 Å². The molecule has 1 fully saturated rings. The molecule has 3 amide bonds. The van der Waals surface area contributed by atoms with Crippen molar-refractivity contribution in [3.63, 3.8) is 0 Å². The quantitative estimate of drug-likeness (QED) is 0.153. The van der Waals surface area contributed by atoms with E-state index >= 15 is 0 Å². The molecule has 55 heavy (non-hydrogen) atoms. The number of likely N-dealkylation sites (tertiary alicyclic amines) is 1. The Morgan fingerprint density at radius 1 is 0.818 bits per heavy atom. The number of rotatable bonds is 11. The third-order valence-corrected chi connectivity index (χ3v) is 9.80. The maximum atomic E-state index is 13.3. The maximum Gasteiger partial charge on any atom is 0.261 e. The molecule has 12 heteroatoms. The lowest BCUT2D eigenvalue weighted by Crippen LogP contribution is -2.23. The largest absolute Gasteiger partial charge is 0.348 e. The van der Waals surface area contributed by atoms with Crippen molar-refractivity contribution in [2.75, 3.05) is 11.9 Å². The summed E-state index contributed by atoms with van der Waals surface area (Å²) >= 11 is 0. The van der Waals surface area contributed by atoms with Crippen molar-refractivity contribution in [2.45, 2.75) is 46.3 Å². The van der Waals surface area contributed by atoms with Crippen LogP contribution in [-0.4, -0.2) is 58.8 Å². The smallest absolute Gasteiger partial charge is 0.261 e. The zero-order valence-electron chi connectivity index (χ0n) is 30.6. The van der Waals surface area contributed by atoms with Gasteiger partial charge in [0.05, 0.1) is 18.9 Å². The standard InChI is InChI=1S/C43H39N9O3/c1-28-21-29(2)52-41(46-28)38(24-45-52)43(55)47-36-18-16-33(17-19-36)39-27-51(49-48-39)26-31-7-5-9-34(22-31)42(54)44-23-35-8-3-4-10-37(35)32-14-12-30(13-15-32)25-50-20-6-11-40(50)53/h3-5,7-10,12-19,21-22,24,27H,6,11,20,23,25-26H2,1-2H3,(H,44,54)(H,47,55). The van der Waals surface area contributed by atoms with Crippen molar-refractivity contribution in [3.8, 4) is 22.4 Å². The van der Waals surface area contributed by atoms with Gasteiger partial charge in [-0.2, -0.15) is 5.10 Å². The number of nitrogens with zero attached hydrogens (tertiary/aromatic N) is 7. The monoisotopic (exact) mass is 729 g/mol. The Labute approximate surface area is 317 Å². The average molecular weight is 730 g/mol. The van der Waals surface area contributed by atoms with Gasteiger partial charge in [-0.25, -0.2) is 14.2 Å². The SMILES string of the molecule is Cc1cc(C)n2ncc(C(=O)Nc3ccc(-c4cn(Cc5cccc(C(=O)NCc6ccccc6-c6ccc(CN7CCCC7=O)cc6)c5)nn4)cc3)c2n1.